The Morgan fingerprint density at radius 1 is 0.786 bits per heavy atom. The molecule has 4 rings (SSSR count). The van der Waals surface area contributed by atoms with Gasteiger partial charge in [-0.05, 0) is 36.5 Å². The summed E-state index contributed by atoms with van der Waals surface area (Å²) in [6.07, 6.45) is 2.31. The molecule has 0 spiro atoms. The van der Waals surface area contributed by atoms with Crippen molar-refractivity contribution in [2.24, 2.45) is 23.7 Å². The van der Waals surface area contributed by atoms with Gasteiger partial charge in [0, 0.05) is 0 Å². The van der Waals surface area contributed by atoms with Crippen LogP contribution in [0, 0.1) is 23.7 Å². The Hall–Kier alpha value is -0.120. The van der Waals surface area contributed by atoms with Crippen molar-refractivity contribution in [1.29, 1.82) is 0 Å². The first-order valence-electron chi connectivity index (χ1n) is 5.73. The second-order valence-corrected chi connectivity index (χ2v) is 5.10. The fourth-order valence-corrected chi connectivity index (χ4v) is 3.84. The summed E-state index contributed by atoms with van der Waals surface area (Å²) < 4.78 is 5.50. The van der Waals surface area contributed by atoms with Gasteiger partial charge in [-0.3, -0.25) is 0 Å². The molecule has 1 aliphatic heterocycles. The standard InChI is InChI=1S/C11H18O3/c12-10-6-2-1-3-7(11(10)13)9-5-14-4-8(6)9/h6-13H,1-5H2. The van der Waals surface area contributed by atoms with Gasteiger partial charge in [-0.15, -0.1) is 0 Å². The number of aliphatic hydroxyl groups excluding tert-OH is 2. The van der Waals surface area contributed by atoms with Crippen LogP contribution in [0.4, 0.5) is 0 Å². The molecule has 1 saturated heterocycles. The molecule has 80 valence electrons. The Balaban J connectivity index is 1.95. The molecule has 14 heavy (non-hydrogen) atoms. The zero-order valence-corrected chi connectivity index (χ0v) is 8.30. The summed E-state index contributed by atoms with van der Waals surface area (Å²) in [5.74, 6) is 1.61. The SMILES string of the molecule is OC1C(O)C2CCCC1C1COCC21. The number of fused-ring (bicyclic) bond motifs is 3. The minimum Gasteiger partial charge on any atom is -0.390 e. The molecule has 6 atom stereocenters. The van der Waals surface area contributed by atoms with Crippen molar-refractivity contribution in [3.63, 3.8) is 0 Å². The second kappa shape index (κ2) is 3.19. The average molecular weight is 198 g/mol. The van der Waals surface area contributed by atoms with Gasteiger partial charge >= 0.3 is 0 Å². The van der Waals surface area contributed by atoms with E-state index >= 15 is 0 Å². The van der Waals surface area contributed by atoms with Gasteiger partial charge in [0.1, 0.15) is 0 Å². The molecule has 3 heteroatoms. The fourth-order valence-electron chi connectivity index (χ4n) is 3.84. The summed E-state index contributed by atoms with van der Waals surface area (Å²) in [5.41, 5.74) is 0. The van der Waals surface area contributed by atoms with Crippen molar-refractivity contribution in [2.75, 3.05) is 13.2 Å². The summed E-state index contributed by atoms with van der Waals surface area (Å²) in [4.78, 5) is 0. The molecule has 3 aliphatic carbocycles. The Bertz CT molecular complexity index is 209. The molecule has 2 bridgehead atoms. The molecule has 4 aliphatic rings. The van der Waals surface area contributed by atoms with E-state index in [1.54, 1.807) is 0 Å². The summed E-state index contributed by atoms with van der Waals surface area (Å²) >= 11 is 0. The lowest BCUT2D eigenvalue weighted by Crippen LogP contribution is -2.50. The Morgan fingerprint density at radius 3 is 1.79 bits per heavy atom. The first-order valence-corrected chi connectivity index (χ1v) is 5.73. The van der Waals surface area contributed by atoms with Gasteiger partial charge in [-0.1, -0.05) is 6.42 Å². The van der Waals surface area contributed by atoms with E-state index in [0.29, 0.717) is 11.8 Å². The van der Waals surface area contributed by atoms with Crippen LogP contribution >= 0.6 is 0 Å². The fraction of sp³-hybridized carbons (Fsp3) is 1.00. The summed E-state index contributed by atoms with van der Waals surface area (Å²) in [7, 11) is 0. The van der Waals surface area contributed by atoms with Gasteiger partial charge in [0.25, 0.3) is 0 Å². The molecule has 3 nitrogen and oxygen atoms in total. The monoisotopic (exact) mass is 198 g/mol. The number of hydrogen-bond acceptors (Lipinski definition) is 3. The zero-order chi connectivity index (χ0) is 9.71. The third-order valence-corrected chi connectivity index (χ3v) is 4.57. The highest BCUT2D eigenvalue weighted by molar-refractivity contribution is 5.01. The van der Waals surface area contributed by atoms with Crippen LogP contribution in [-0.2, 0) is 4.74 Å². The van der Waals surface area contributed by atoms with E-state index in [0.717, 1.165) is 32.5 Å². The van der Waals surface area contributed by atoms with E-state index in [1.165, 1.54) is 0 Å². The van der Waals surface area contributed by atoms with Crippen LogP contribution in [0.2, 0.25) is 0 Å². The van der Waals surface area contributed by atoms with E-state index in [-0.39, 0.29) is 11.8 Å². The normalized spacial score (nSPS) is 57.0. The van der Waals surface area contributed by atoms with E-state index in [9.17, 15) is 10.2 Å². The highest BCUT2D eigenvalue weighted by atomic mass is 16.5. The maximum atomic E-state index is 9.99. The third kappa shape index (κ3) is 1.09. The van der Waals surface area contributed by atoms with E-state index in [4.69, 9.17) is 4.74 Å². The predicted octanol–water partition coefficient (Wildman–Crippen LogP) is 0.401. The maximum Gasteiger partial charge on any atom is 0.0833 e. The first kappa shape index (κ1) is 9.13. The molecule has 0 aromatic carbocycles. The lowest BCUT2D eigenvalue weighted by atomic mass is 9.66. The molecule has 3 saturated carbocycles. The number of rotatable bonds is 0. The first-order chi connectivity index (χ1) is 6.79. The molecule has 2 N–H and O–H groups in total. The van der Waals surface area contributed by atoms with Crippen molar-refractivity contribution in [3.05, 3.63) is 0 Å². The highest BCUT2D eigenvalue weighted by Crippen LogP contribution is 2.49. The molecule has 1 heterocycles. The number of aliphatic hydroxyl groups is 2. The number of ether oxygens (including phenoxy) is 1. The van der Waals surface area contributed by atoms with Crippen LogP contribution in [-0.4, -0.2) is 35.6 Å². The van der Waals surface area contributed by atoms with Crippen LogP contribution in [0.1, 0.15) is 19.3 Å². The van der Waals surface area contributed by atoms with Gasteiger partial charge in [0.15, 0.2) is 0 Å². The van der Waals surface area contributed by atoms with Gasteiger partial charge in [-0.25, -0.2) is 0 Å². The average Bonchev–Trinajstić information content (AvgIpc) is 2.53. The van der Waals surface area contributed by atoms with Crippen LogP contribution in [0.15, 0.2) is 0 Å². The molecule has 4 fully saturated rings. The van der Waals surface area contributed by atoms with Crippen molar-refractivity contribution in [3.8, 4) is 0 Å². The van der Waals surface area contributed by atoms with Crippen molar-refractivity contribution < 1.29 is 14.9 Å². The molecule has 0 aromatic rings. The predicted molar refractivity (Wildman–Crippen MR) is 50.6 cm³/mol. The van der Waals surface area contributed by atoms with Crippen LogP contribution in [0.3, 0.4) is 0 Å². The quantitative estimate of drug-likeness (QED) is 0.592. The van der Waals surface area contributed by atoms with E-state index in [1.807, 2.05) is 0 Å². The van der Waals surface area contributed by atoms with Gasteiger partial charge in [0.2, 0.25) is 0 Å². The Kier molecular flexibility index (Phi) is 2.08. The Labute approximate surface area is 84.1 Å². The van der Waals surface area contributed by atoms with Gasteiger partial charge in [-0.2, -0.15) is 0 Å². The lowest BCUT2D eigenvalue weighted by molar-refractivity contribution is -0.105. The highest BCUT2D eigenvalue weighted by Gasteiger charge is 2.52. The maximum absolute atomic E-state index is 9.99. The molecule has 0 aromatic heterocycles. The molecular weight excluding hydrogens is 180 g/mol. The minimum absolute atomic E-state index is 0.288. The van der Waals surface area contributed by atoms with Crippen molar-refractivity contribution >= 4 is 0 Å². The van der Waals surface area contributed by atoms with Crippen LogP contribution in [0.5, 0.6) is 0 Å². The van der Waals surface area contributed by atoms with Crippen molar-refractivity contribution in [2.45, 2.75) is 31.5 Å². The molecule has 6 unspecified atom stereocenters. The summed E-state index contributed by atoms with van der Waals surface area (Å²) in [5, 5.41) is 20.0. The summed E-state index contributed by atoms with van der Waals surface area (Å²) in [6.45, 7) is 1.60. The van der Waals surface area contributed by atoms with E-state index in [2.05, 4.69) is 0 Å². The van der Waals surface area contributed by atoms with Crippen molar-refractivity contribution in [1.82, 2.24) is 0 Å². The molecule has 0 amide bonds. The second-order valence-electron chi connectivity index (χ2n) is 5.10. The van der Waals surface area contributed by atoms with E-state index < -0.39 is 12.2 Å². The zero-order valence-electron chi connectivity index (χ0n) is 8.30. The van der Waals surface area contributed by atoms with Crippen LogP contribution < -0.4 is 0 Å². The minimum atomic E-state index is -0.495. The molecule has 0 radical (unpaired) electrons. The topological polar surface area (TPSA) is 49.7 Å². The van der Waals surface area contributed by atoms with Gasteiger partial charge in [0.05, 0.1) is 25.4 Å². The summed E-state index contributed by atoms with van der Waals surface area (Å²) in [6, 6.07) is 0. The largest absolute Gasteiger partial charge is 0.390 e. The third-order valence-electron chi connectivity index (χ3n) is 4.57. The molecular formula is C11H18O3. The smallest absolute Gasteiger partial charge is 0.0833 e. The van der Waals surface area contributed by atoms with Gasteiger partial charge < -0.3 is 14.9 Å². The van der Waals surface area contributed by atoms with Crippen LogP contribution in [0.25, 0.3) is 0 Å². The lowest BCUT2D eigenvalue weighted by Gasteiger charge is -2.42. The Morgan fingerprint density at radius 2 is 1.29 bits per heavy atom. The number of hydrogen-bond donors (Lipinski definition) is 2.